The van der Waals surface area contributed by atoms with Gasteiger partial charge in [-0.15, -0.1) is 0 Å². The number of anilines is 1. The van der Waals surface area contributed by atoms with Crippen LogP contribution in [0.2, 0.25) is 0 Å². The van der Waals surface area contributed by atoms with Crippen molar-refractivity contribution in [3.8, 4) is 0 Å². The lowest BCUT2D eigenvalue weighted by molar-refractivity contribution is -0.121. The van der Waals surface area contributed by atoms with E-state index in [4.69, 9.17) is 4.74 Å². The van der Waals surface area contributed by atoms with Gasteiger partial charge in [0.05, 0.1) is 24.7 Å². The molecule has 1 amide bonds. The van der Waals surface area contributed by atoms with Gasteiger partial charge in [-0.1, -0.05) is 34.6 Å². The molecule has 0 aliphatic heterocycles. The van der Waals surface area contributed by atoms with Crippen molar-refractivity contribution in [3.05, 3.63) is 6.20 Å². The fourth-order valence-electron chi connectivity index (χ4n) is 2.43. The fourth-order valence-corrected chi connectivity index (χ4v) is 3.28. The van der Waals surface area contributed by atoms with Gasteiger partial charge in [0.1, 0.15) is 5.82 Å². The molecule has 0 saturated carbocycles. The van der Waals surface area contributed by atoms with Crippen LogP contribution >= 0.6 is 27.7 Å². The minimum atomic E-state index is 0.0565. The third kappa shape index (κ3) is 6.93. The summed E-state index contributed by atoms with van der Waals surface area (Å²) >= 11 is 4.92. The third-order valence-electron chi connectivity index (χ3n) is 3.68. The SMILES string of the molecule is CCOCCNc1nc(SCC)nc2c1cnn2CCNC(=O)CCCBr. The van der Waals surface area contributed by atoms with E-state index in [0.717, 1.165) is 34.4 Å². The Hall–Kier alpha value is -1.39. The van der Waals surface area contributed by atoms with E-state index in [2.05, 4.69) is 48.6 Å². The van der Waals surface area contributed by atoms with Gasteiger partial charge in [0.2, 0.25) is 5.91 Å². The normalized spacial score (nSPS) is 11.1. The van der Waals surface area contributed by atoms with Crippen LogP contribution in [-0.2, 0) is 16.1 Å². The Balaban J connectivity index is 2.08. The third-order valence-corrected chi connectivity index (χ3v) is 4.97. The number of amides is 1. The van der Waals surface area contributed by atoms with E-state index in [-0.39, 0.29) is 5.91 Å². The van der Waals surface area contributed by atoms with Crippen molar-refractivity contribution in [2.75, 3.05) is 42.7 Å². The van der Waals surface area contributed by atoms with Gasteiger partial charge < -0.3 is 15.4 Å². The van der Waals surface area contributed by atoms with Crippen molar-refractivity contribution >= 4 is 50.5 Å². The number of nitrogens with one attached hydrogen (secondary N) is 2. The lowest BCUT2D eigenvalue weighted by Crippen LogP contribution is -2.27. The zero-order valence-corrected chi connectivity index (χ0v) is 18.2. The number of fused-ring (bicyclic) bond motifs is 1. The van der Waals surface area contributed by atoms with Crippen LogP contribution in [0.5, 0.6) is 0 Å². The van der Waals surface area contributed by atoms with E-state index in [1.54, 1.807) is 18.0 Å². The first-order valence-corrected chi connectivity index (χ1v) is 11.3. The molecule has 0 unspecified atom stereocenters. The number of hydrogen-bond donors (Lipinski definition) is 2. The molecule has 0 atom stereocenters. The van der Waals surface area contributed by atoms with E-state index in [1.807, 2.05) is 11.6 Å². The predicted molar refractivity (Wildman–Crippen MR) is 113 cm³/mol. The van der Waals surface area contributed by atoms with Gasteiger partial charge in [-0.3, -0.25) is 4.79 Å². The van der Waals surface area contributed by atoms with Crippen LogP contribution in [0, 0.1) is 0 Å². The summed E-state index contributed by atoms with van der Waals surface area (Å²) in [6.07, 6.45) is 3.13. The molecule has 8 nitrogen and oxygen atoms in total. The van der Waals surface area contributed by atoms with Crippen molar-refractivity contribution in [1.29, 1.82) is 0 Å². The van der Waals surface area contributed by atoms with Crippen molar-refractivity contribution in [1.82, 2.24) is 25.1 Å². The van der Waals surface area contributed by atoms with E-state index in [9.17, 15) is 4.79 Å². The second-order valence-corrected chi connectivity index (χ2v) is 7.68. The molecule has 2 heterocycles. The van der Waals surface area contributed by atoms with Crippen molar-refractivity contribution in [3.63, 3.8) is 0 Å². The molecule has 0 bridgehead atoms. The minimum Gasteiger partial charge on any atom is -0.380 e. The Morgan fingerprint density at radius 1 is 1.33 bits per heavy atom. The Kier molecular flexibility index (Phi) is 9.85. The van der Waals surface area contributed by atoms with Gasteiger partial charge >= 0.3 is 0 Å². The highest BCUT2D eigenvalue weighted by atomic mass is 79.9. The zero-order valence-electron chi connectivity index (χ0n) is 15.8. The number of carbonyl (C=O) groups excluding carboxylic acids is 1. The number of nitrogens with zero attached hydrogens (tertiary/aromatic N) is 4. The minimum absolute atomic E-state index is 0.0565. The first kappa shape index (κ1) is 21.9. The maximum atomic E-state index is 11.7. The largest absolute Gasteiger partial charge is 0.380 e. The molecule has 0 aliphatic rings. The Bertz CT molecular complexity index is 727. The Labute approximate surface area is 172 Å². The summed E-state index contributed by atoms with van der Waals surface area (Å²) in [5.41, 5.74) is 0.773. The summed E-state index contributed by atoms with van der Waals surface area (Å²) in [7, 11) is 0. The molecule has 2 rings (SSSR count). The number of alkyl halides is 1. The van der Waals surface area contributed by atoms with E-state index in [1.165, 1.54) is 0 Å². The molecule has 2 aromatic heterocycles. The lowest BCUT2D eigenvalue weighted by Gasteiger charge is -2.10. The van der Waals surface area contributed by atoms with Crippen LogP contribution in [0.25, 0.3) is 11.0 Å². The quantitative estimate of drug-likeness (QED) is 0.206. The monoisotopic (exact) mass is 458 g/mol. The van der Waals surface area contributed by atoms with Crippen molar-refractivity contribution < 1.29 is 9.53 Å². The molecule has 2 N–H and O–H groups in total. The summed E-state index contributed by atoms with van der Waals surface area (Å²) in [4.78, 5) is 21.0. The first-order chi connectivity index (χ1) is 13.2. The average Bonchev–Trinajstić information content (AvgIpc) is 3.07. The standard InChI is InChI=1S/C17H27BrN6O2S/c1-3-26-11-9-20-15-13-12-21-24(10-8-19-14(25)6-5-7-18)16(13)23-17(22-15)27-4-2/h12H,3-11H2,1-2H3,(H,19,25)(H,20,22,23). The molecule has 10 heteroatoms. The molecule has 0 saturated heterocycles. The van der Waals surface area contributed by atoms with Gasteiger partial charge in [-0.25, -0.2) is 14.6 Å². The van der Waals surface area contributed by atoms with Crippen LogP contribution in [0.3, 0.4) is 0 Å². The zero-order chi connectivity index (χ0) is 19.5. The van der Waals surface area contributed by atoms with Gasteiger partial charge in [-0.05, 0) is 19.1 Å². The molecule has 0 aliphatic carbocycles. The van der Waals surface area contributed by atoms with E-state index < -0.39 is 0 Å². The van der Waals surface area contributed by atoms with Crippen LogP contribution in [0.1, 0.15) is 26.7 Å². The Morgan fingerprint density at radius 2 is 2.19 bits per heavy atom. The van der Waals surface area contributed by atoms with Gasteiger partial charge in [-0.2, -0.15) is 5.10 Å². The number of ether oxygens (including phenoxy) is 1. The number of aromatic nitrogens is 4. The highest BCUT2D eigenvalue weighted by Gasteiger charge is 2.13. The number of thioether (sulfide) groups is 1. The van der Waals surface area contributed by atoms with Crippen LogP contribution in [0.15, 0.2) is 11.4 Å². The molecule has 2 aromatic rings. The van der Waals surface area contributed by atoms with Crippen LogP contribution in [0.4, 0.5) is 5.82 Å². The molecule has 0 radical (unpaired) electrons. The summed E-state index contributed by atoms with van der Waals surface area (Å²) < 4.78 is 7.19. The molecule has 27 heavy (non-hydrogen) atoms. The number of carbonyl (C=O) groups is 1. The molecular weight excluding hydrogens is 432 g/mol. The van der Waals surface area contributed by atoms with Gasteiger partial charge in [0.25, 0.3) is 0 Å². The number of hydrogen-bond acceptors (Lipinski definition) is 7. The fraction of sp³-hybridized carbons (Fsp3) is 0.647. The first-order valence-electron chi connectivity index (χ1n) is 9.20. The van der Waals surface area contributed by atoms with Crippen LogP contribution < -0.4 is 10.6 Å². The summed E-state index contributed by atoms with van der Waals surface area (Å²) in [6.45, 7) is 7.11. The summed E-state index contributed by atoms with van der Waals surface area (Å²) in [6, 6.07) is 0. The molecule has 0 spiro atoms. The van der Waals surface area contributed by atoms with Gasteiger partial charge in [0.15, 0.2) is 10.8 Å². The maximum absolute atomic E-state index is 11.7. The average molecular weight is 459 g/mol. The predicted octanol–water partition coefficient (Wildman–Crippen LogP) is 2.68. The van der Waals surface area contributed by atoms with Crippen LogP contribution in [-0.4, -0.2) is 63.0 Å². The molecule has 0 fully saturated rings. The smallest absolute Gasteiger partial charge is 0.220 e. The van der Waals surface area contributed by atoms with E-state index >= 15 is 0 Å². The van der Waals surface area contributed by atoms with E-state index in [0.29, 0.717) is 44.4 Å². The summed E-state index contributed by atoms with van der Waals surface area (Å²) in [5.74, 6) is 1.71. The Morgan fingerprint density at radius 3 is 2.93 bits per heavy atom. The lowest BCUT2D eigenvalue weighted by atomic mass is 10.3. The number of rotatable bonds is 13. The molecular formula is C17H27BrN6O2S. The number of halogens is 1. The molecule has 0 aromatic carbocycles. The highest BCUT2D eigenvalue weighted by molar-refractivity contribution is 9.09. The van der Waals surface area contributed by atoms with Crippen molar-refractivity contribution in [2.45, 2.75) is 38.4 Å². The maximum Gasteiger partial charge on any atom is 0.220 e. The summed E-state index contributed by atoms with van der Waals surface area (Å²) in [5, 5.41) is 13.1. The second-order valence-electron chi connectivity index (χ2n) is 5.66. The van der Waals surface area contributed by atoms with Gasteiger partial charge in [0, 0.05) is 31.4 Å². The topological polar surface area (TPSA) is 94.0 Å². The highest BCUT2D eigenvalue weighted by Crippen LogP contribution is 2.24. The van der Waals surface area contributed by atoms with Crippen molar-refractivity contribution in [2.24, 2.45) is 0 Å². The molecule has 150 valence electrons. The second kappa shape index (κ2) is 12.1.